The lowest BCUT2D eigenvalue weighted by Crippen LogP contribution is -3.00. The van der Waals surface area contributed by atoms with Crippen LogP contribution in [-0.4, -0.2) is 4.86 Å². The lowest BCUT2D eigenvalue weighted by molar-refractivity contribution is -0.446. The van der Waals surface area contributed by atoms with Gasteiger partial charge in [-0.1, -0.05) is 0 Å². The molecule has 0 saturated carbocycles. The molecule has 0 atom stereocenters. The van der Waals surface area contributed by atoms with Gasteiger partial charge in [0.1, 0.15) is 8.35 Å². The van der Waals surface area contributed by atoms with Crippen LogP contribution in [0.2, 0.25) is 0 Å². The predicted molar refractivity (Wildman–Crippen MR) is 23.3 cm³/mol. The number of hydrogen-bond acceptors (Lipinski definition) is 1. The molecule has 1 aromatic rings. The summed E-state index contributed by atoms with van der Waals surface area (Å²) in [4.78, 5) is 3.76. The number of H-pyrrole nitrogens is 1. The third-order valence-electron chi connectivity index (χ3n) is 0.439. The van der Waals surface area contributed by atoms with Crippen molar-refractivity contribution in [3.8, 4) is 0 Å². The first kappa shape index (κ1) is 6.80. The lowest BCUT2D eigenvalue weighted by Gasteiger charge is -1.60. The number of aromatic nitrogens is 2. The number of halogens is 1. The van der Waals surface area contributed by atoms with Crippen LogP contribution in [0, 0.1) is 0 Å². The lowest BCUT2D eigenvalue weighted by atomic mass is 10.8. The van der Waals surface area contributed by atoms with Crippen LogP contribution >= 0.6 is 8.35 Å². The maximum absolute atomic E-state index is 3.76. The summed E-state index contributed by atoms with van der Waals surface area (Å²) in [7, 11) is 1.00. The standard InChI is InChI=1S/C3H3N2P.ClH/c1-2-4-5-6-3-1;/h1-3H;1H. The molecule has 0 saturated heterocycles. The Morgan fingerprint density at radius 3 is 2.57 bits per heavy atom. The van der Waals surface area contributed by atoms with Crippen LogP contribution in [0.5, 0.6) is 0 Å². The van der Waals surface area contributed by atoms with E-state index in [1.165, 1.54) is 0 Å². The SMILES string of the molecule is [Cl-].c1c[nH+]npc1. The average Bonchev–Trinajstić information content (AvgIpc) is 1.72. The smallest absolute Gasteiger partial charge is 0.194 e. The average molecular weight is 135 g/mol. The summed E-state index contributed by atoms with van der Waals surface area (Å²) in [6, 6.07) is 1.93. The topological polar surface area (TPSA) is 27.0 Å². The fourth-order valence-corrected chi connectivity index (χ4v) is 0.588. The van der Waals surface area contributed by atoms with Crippen molar-refractivity contribution in [1.29, 1.82) is 0 Å². The quantitative estimate of drug-likeness (QED) is 0.385. The molecular formula is C3H4ClN2P. The summed E-state index contributed by atoms with van der Waals surface area (Å²) in [6.07, 6.45) is 1.79. The molecular weight excluding hydrogens is 130 g/mol. The second kappa shape index (κ2) is 3.97. The second-order valence-electron chi connectivity index (χ2n) is 0.853. The van der Waals surface area contributed by atoms with Crippen molar-refractivity contribution in [3.05, 3.63) is 18.1 Å². The van der Waals surface area contributed by atoms with E-state index >= 15 is 0 Å². The van der Waals surface area contributed by atoms with Crippen LogP contribution in [0.15, 0.2) is 18.1 Å². The van der Waals surface area contributed by atoms with E-state index in [4.69, 9.17) is 0 Å². The number of rotatable bonds is 0. The second-order valence-corrected chi connectivity index (χ2v) is 1.58. The molecule has 1 aromatic heterocycles. The molecule has 0 bridgehead atoms. The summed E-state index contributed by atoms with van der Waals surface area (Å²) >= 11 is 0. The molecule has 0 aromatic carbocycles. The highest BCUT2D eigenvalue weighted by atomic mass is 35.5. The molecule has 0 aliphatic carbocycles. The molecule has 7 heavy (non-hydrogen) atoms. The molecule has 0 fully saturated rings. The van der Waals surface area contributed by atoms with Crippen LogP contribution < -0.4 is 17.5 Å². The van der Waals surface area contributed by atoms with Gasteiger partial charge in [-0.2, -0.15) is 0 Å². The minimum atomic E-state index is 0. The largest absolute Gasteiger partial charge is 1.00 e. The fourth-order valence-electron chi connectivity index (χ4n) is 0.225. The van der Waals surface area contributed by atoms with Crippen LogP contribution in [0.4, 0.5) is 0 Å². The molecule has 38 valence electrons. The Morgan fingerprint density at radius 2 is 2.43 bits per heavy atom. The summed E-state index contributed by atoms with van der Waals surface area (Å²) in [5.41, 5.74) is 0. The van der Waals surface area contributed by atoms with Crippen molar-refractivity contribution in [3.63, 3.8) is 0 Å². The van der Waals surface area contributed by atoms with Gasteiger partial charge in [-0.05, 0) is 5.80 Å². The monoisotopic (exact) mass is 134 g/mol. The Bertz CT molecular complexity index is 84.9. The van der Waals surface area contributed by atoms with Crippen LogP contribution in [0.25, 0.3) is 0 Å². The van der Waals surface area contributed by atoms with Gasteiger partial charge in [0, 0.05) is 10.9 Å². The Balaban J connectivity index is 0.000000360. The normalized spacial score (nSPS) is 8.00. The van der Waals surface area contributed by atoms with Gasteiger partial charge in [0.2, 0.25) is 0 Å². The van der Waals surface area contributed by atoms with Gasteiger partial charge in [-0.3, -0.25) is 0 Å². The number of hydrogen-bond donors (Lipinski definition) is 0. The Morgan fingerprint density at radius 1 is 1.57 bits per heavy atom. The maximum Gasteiger partial charge on any atom is 0.194 e. The molecule has 0 aliphatic rings. The highest BCUT2D eigenvalue weighted by Crippen LogP contribution is 1.85. The van der Waals surface area contributed by atoms with E-state index in [2.05, 4.69) is 9.96 Å². The van der Waals surface area contributed by atoms with Gasteiger partial charge in [-0.15, -0.1) is 5.10 Å². The van der Waals surface area contributed by atoms with E-state index in [1.807, 2.05) is 11.9 Å². The molecule has 0 spiro atoms. The van der Waals surface area contributed by atoms with E-state index < -0.39 is 0 Å². The van der Waals surface area contributed by atoms with Crippen LogP contribution in [-0.2, 0) is 0 Å². The molecule has 1 rings (SSSR count). The Hall–Kier alpha value is -0.200. The van der Waals surface area contributed by atoms with Gasteiger partial charge in [0.15, 0.2) is 6.20 Å². The minimum Gasteiger partial charge on any atom is -1.00 e. The molecule has 0 unspecified atom stereocenters. The van der Waals surface area contributed by atoms with Crippen molar-refractivity contribution in [2.24, 2.45) is 0 Å². The van der Waals surface area contributed by atoms with Gasteiger partial charge in [0.25, 0.3) is 0 Å². The molecule has 4 heteroatoms. The Kier molecular flexibility index (Phi) is 3.86. The van der Waals surface area contributed by atoms with E-state index in [0.717, 1.165) is 8.35 Å². The van der Waals surface area contributed by atoms with E-state index in [-0.39, 0.29) is 12.4 Å². The van der Waals surface area contributed by atoms with Gasteiger partial charge in [0.05, 0.1) is 0 Å². The van der Waals surface area contributed by atoms with E-state index in [9.17, 15) is 0 Å². The van der Waals surface area contributed by atoms with Crippen molar-refractivity contribution < 1.29 is 17.5 Å². The summed E-state index contributed by atoms with van der Waals surface area (Å²) in [5.74, 6) is 1.95. The van der Waals surface area contributed by atoms with Gasteiger partial charge < -0.3 is 12.4 Å². The molecule has 0 amide bonds. The zero-order valence-corrected chi connectivity index (χ0v) is 5.15. The van der Waals surface area contributed by atoms with Crippen LogP contribution in [0.3, 0.4) is 0 Å². The molecule has 2 nitrogen and oxygen atoms in total. The number of nitrogens with zero attached hydrogens (tertiary/aromatic N) is 1. The fraction of sp³-hybridized carbons (Fsp3) is 0. The highest BCUT2D eigenvalue weighted by Gasteiger charge is 1.68. The van der Waals surface area contributed by atoms with Crippen LogP contribution in [0.1, 0.15) is 0 Å². The van der Waals surface area contributed by atoms with E-state index in [1.54, 1.807) is 6.20 Å². The third-order valence-corrected chi connectivity index (χ3v) is 0.975. The zero-order valence-electron chi connectivity index (χ0n) is 3.50. The third kappa shape index (κ3) is 2.49. The van der Waals surface area contributed by atoms with Crippen molar-refractivity contribution >= 4 is 8.35 Å². The number of nitrogens with one attached hydrogen (secondary N) is 1. The minimum absolute atomic E-state index is 0. The zero-order chi connectivity index (χ0) is 4.24. The molecule has 1 heterocycles. The Labute approximate surface area is 49.5 Å². The van der Waals surface area contributed by atoms with Gasteiger partial charge >= 0.3 is 0 Å². The maximum atomic E-state index is 3.76. The summed E-state index contributed by atoms with van der Waals surface area (Å²) in [6.45, 7) is 0. The highest BCUT2D eigenvalue weighted by molar-refractivity contribution is 7.24. The first-order chi connectivity index (χ1) is 3.00. The first-order valence-electron chi connectivity index (χ1n) is 1.64. The van der Waals surface area contributed by atoms with Crippen molar-refractivity contribution in [1.82, 2.24) is 4.86 Å². The van der Waals surface area contributed by atoms with Crippen molar-refractivity contribution in [2.45, 2.75) is 0 Å². The van der Waals surface area contributed by atoms with Gasteiger partial charge in [-0.25, -0.2) is 0 Å². The van der Waals surface area contributed by atoms with Crippen molar-refractivity contribution in [2.75, 3.05) is 0 Å². The number of aromatic amines is 1. The summed E-state index contributed by atoms with van der Waals surface area (Å²) in [5, 5.41) is 2.69. The molecule has 1 N–H and O–H groups in total. The molecule has 0 aliphatic heterocycles. The molecule has 0 radical (unpaired) electrons. The predicted octanol–water partition coefficient (Wildman–Crippen LogP) is -2.52. The summed E-state index contributed by atoms with van der Waals surface area (Å²) < 4.78 is 0. The van der Waals surface area contributed by atoms with E-state index in [0.29, 0.717) is 0 Å². The first-order valence-corrected chi connectivity index (χ1v) is 2.55.